The lowest BCUT2D eigenvalue weighted by Gasteiger charge is -2.18. The second-order valence-electron chi connectivity index (χ2n) is 4.60. The van der Waals surface area contributed by atoms with Gasteiger partial charge in [-0.2, -0.15) is 0 Å². The number of thiazole rings is 1. The van der Waals surface area contributed by atoms with Crippen LogP contribution in [0.25, 0.3) is 22.0 Å². The van der Waals surface area contributed by atoms with Gasteiger partial charge in [-0.05, 0) is 35.9 Å². The largest absolute Gasteiger partial charge is 0.487 e. The van der Waals surface area contributed by atoms with Crippen molar-refractivity contribution in [3.8, 4) is 17.0 Å². The van der Waals surface area contributed by atoms with Gasteiger partial charge < -0.3 is 4.74 Å². The van der Waals surface area contributed by atoms with E-state index in [0.29, 0.717) is 6.61 Å². The van der Waals surface area contributed by atoms with Crippen LogP contribution in [0.4, 0.5) is 0 Å². The highest BCUT2D eigenvalue weighted by Crippen LogP contribution is 2.43. The van der Waals surface area contributed by atoms with Gasteiger partial charge in [0, 0.05) is 4.47 Å². The Hall–Kier alpha value is -1.39. The normalized spacial score (nSPS) is 12.9. The number of halogens is 1. The molecule has 3 aromatic rings. The van der Waals surface area contributed by atoms with E-state index in [1.165, 1.54) is 15.6 Å². The monoisotopic (exact) mass is 331 g/mol. The molecule has 0 saturated carbocycles. The fourth-order valence-electron chi connectivity index (χ4n) is 2.55. The summed E-state index contributed by atoms with van der Waals surface area (Å²) in [7, 11) is 0. The SMILES string of the molecule is Cc1nc2c(s1)COc1ccc3cc(Br)ccc3c1-2. The summed E-state index contributed by atoms with van der Waals surface area (Å²) in [5.41, 5.74) is 2.23. The first-order valence-corrected chi connectivity index (χ1v) is 7.65. The summed E-state index contributed by atoms with van der Waals surface area (Å²) in [4.78, 5) is 5.91. The first-order valence-electron chi connectivity index (χ1n) is 6.04. The summed E-state index contributed by atoms with van der Waals surface area (Å²) in [5, 5.41) is 3.50. The number of aromatic nitrogens is 1. The Labute approximate surface area is 123 Å². The van der Waals surface area contributed by atoms with Crippen molar-refractivity contribution in [2.75, 3.05) is 0 Å². The highest BCUT2D eigenvalue weighted by atomic mass is 79.9. The van der Waals surface area contributed by atoms with E-state index in [1.54, 1.807) is 11.3 Å². The van der Waals surface area contributed by atoms with Gasteiger partial charge in [0.1, 0.15) is 12.4 Å². The number of hydrogen-bond acceptors (Lipinski definition) is 3. The first kappa shape index (κ1) is 11.4. The minimum atomic E-state index is 0.635. The van der Waals surface area contributed by atoms with Crippen LogP contribution >= 0.6 is 27.3 Å². The minimum Gasteiger partial charge on any atom is -0.487 e. The molecule has 0 N–H and O–H groups in total. The van der Waals surface area contributed by atoms with E-state index in [4.69, 9.17) is 9.72 Å². The molecule has 4 rings (SSSR count). The maximum atomic E-state index is 5.86. The third-order valence-electron chi connectivity index (χ3n) is 3.34. The summed E-state index contributed by atoms with van der Waals surface area (Å²) in [5.74, 6) is 0.938. The Morgan fingerprint density at radius 2 is 2.16 bits per heavy atom. The summed E-state index contributed by atoms with van der Waals surface area (Å²) >= 11 is 5.24. The molecule has 0 saturated heterocycles. The molecule has 0 unspecified atom stereocenters. The van der Waals surface area contributed by atoms with Crippen LogP contribution in [0, 0.1) is 6.92 Å². The van der Waals surface area contributed by atoms with Crippen LogP contribution in [0.15, 0.2) is 34.8 Å². The van der Waals surface area contributed by atoms with Gasteiger partial charge in [0.05, 0.1) is 21.1 Å². The average Bonchev–Trinajstić information content (AvgIpc) is 2.78. The predicted octanol–water partition coefficient (Wildman–Crippen LogP) is 4.93. The zero-order chi connectivity index (χ0) is 13.0. The molecule has 0 aliphatic carbocycles. The van der Waals surface area contributed by atoms with Crippen LogP contribution in [0.2, 0.25) is 0 Å². The molecule has 19 heavy (non-hydrogen) atoms. The number of nitrogens with zero attached hydrogens (tertiary/aromatic N) is 1. The molecule has 1 aromatic heterocycles. The smallest absolute Gasteiger partial charge is 0.129 e. The molecular weight excluding hydrogens is 322 g/mol. The van der Waals surface area contributed by atoms with E-state index in [-0.39, 0.29) is 0 Å². The topological polar surface area (TPSA) is 22.1 Å². The van der Waals surface area contributed by atoms with Crippen LogP contribution in [-0.2, 0) is 6.61 Å². The molecule has 1 aliphatic heterocycles. The second kappa shape index (κ2) is 4.05. The standard InChI is InChI=1S/C15H10BrNOS/c1-8-17-15-13(19-8)7-18-12-5-2-9-6-10(16)3-4-11(9)14(12)15/h2-6H,7H2,1H3. The first-order chi connectivity index (χ1) is 9.22. The Kier molecular flexibility index (Phi) is 2.44. The van der Waals surface area contributed by atoms with Crippen LogP contribution in [0.1, 0.15) is 9.88 Å². The Bertz CT molecular complexity index is 809. The number of ether oxygens (including phenoxy) is 1. The van der Waals surface area contributed by atoms with Crippen LogP contribution < -0.4 is 4.74 Å². The molecule has 0 amide bonds. The van der Waals surface area contributed by atoms with E-state index in [0.717, 1.165) is 26.5 Å². The van der Waals surface area contributed by atoms with Crippen molar-refractivity contribution < 1.29 is 4.74 Å². The number of aryl methyl sites for hydroxylation is 1. The highest BCUT2D eigenvalue weighted by Gasteiger charge is 2.23. The third-order valence-corrected chi connectivity index (χ3v) is 4.78. The van der Waals surface area contributed by atoms with Crippen molar-refractivity contribution in [2.24, 2.45) is 0 Å². The Morgan fingerprint density at radius 1 is 1.26 bits per heavy atom. The maximum Gasteiger partial charge on any atom is 0.129 e. The van der Waals surface area contributed by atoms with Crippen LogP contribution in [0.3, 0.4) is 0 Å². The molecule has 0 atom stereocenters. The highest BCUT2D eigenvalue weighted by molar-refractivity contribution is 9.10. The van der Waals surface area contributed by atoms with E-state index >= 15 is 0 Å². The molecule has 1 aliphatic rings. The maximum absolute atomic E-state index is 5.86. The molecule has 2 nitrogen and oxygen atoms in total. The van der Waals surface area contributed by atoms with Crippen molar-refractivity contribution in [1.29, 1.82) is 0 Å². The van der Waals surface area contributed by atoms with Gasteiger partial charge >= 0.3 is 0 Å². The zero-order valence-electron chi connectivity index (χ0n) is 10.2. The molecule has 0 spiro atoms. The van der Waals surface area contributed by atoms with Crippen molar-refractivity contribution in [2.45, 2.75) is 13.5 Å². The van der Waals surface area contributed by atoms with E-state index < -0.39 is 0 Å². The number of fused-ring (bicyclic) bond motifs is 5. The van der Waals surface area contributed by atoms with Gasteiger partial charge in [-0.15, -0.1) is 11.3 Å². The lowest BCUT2D eigenvalue weighted by molar-refractivity contribution is 0.306. The number of rotatable bonds is 0. The summed E-state index contributed by atoms with van der Waals surface area (Å²) in [6.45, 7) is 2.68. The Balaban J connectivity index is 2.12. The van der Waals surface area contributed by atoms with Crippen molar-refractivity contribution in [3.63, 3.8) is 0 Å². The second-order valence-corrected chi connectivity index (χ2v) is 6.80. The van der Waals surface area contributed by atoms with E-state index in [2.05, 4.69) is 40.2 Å². The molecule has 2 heterocycles. The summed E-state index contributed by atoms with van der Waals surface area (Å²) < 4.78 is 6.95. The number of hydrogen-bond donors (Lipinski definition) is 0. The van der Waals surface area contributed by atoms with Crippen molar-refractivity contribution in [3.05, 3.63) is 44.7 Å². The average molecular weight is 332 g/mol. The van der Waals surface area contributed by atoms with Gasteiger partial charge in [0.15, 0.2) is 0 Å². The molecule has 94 valence electrons. The quantitative estimate of drug-likeness (QED) is 0.582. The van der Waals surface area contributed by atoms with E-state index in [9.17, 15) is 0 Å². The van der Waals surface area contributed by atoms with Gasteiger partial charge in [-0.1, -0.05) is 28.1 Å². The fourth-order valence-corrected chi connectivity index (χ4v) is 3.79. The van der Waals surface area contributed by atoms with Crippen molar-refractivity contribution >= 4 is 38.0 Å². The molecular formula is C15H10BrNOS. The lowest BCUT2D eigenvalue weighted by atomic mass is 9.99. The third kappa shape index (κ3) is 1.70. The molecule has 0 bridgehead atoms. The van der Waals surface area contributed by atoms with Crippen LogP contribution in [-0.4, -0.2) is 4.98 Å². The van der Waals surface area contributed by atoms with Gasteiger partial charge in [-0.3, -0.25) is 0 Å². The van der Waals surface area contributed by atoms with Crippen molar-refractivity contribution in [1.82, 2.24) is 4.98 Å². The lowest BCUT2D eigenvalue weighted by Crippen LogP contribution is -2.03. The van der Waals surface area contributed by atoms with Gasteiger partial charge in [0.2, 0.25) is 0 Å². The summed E-state index contributed by atoms with van der Waals surface area (Å²) in [6, 6.07) is 10.5. The minimum absolute atomic E-state index is 0.635. The van der Waals surface area contributed by atoms with Crippen LogP contribution in [0.5, 0.6) is 5.75 Å². The summed E-state index contributed by atoms with van der Waals surface area (Å²) in [6.07, 6.45) is 0. The van der Waals surface area contributed by atoms with Gasteiger partial charge in [0.25, 0.3) is 0 Å². The van der Waals surface area contributed by atoms with E-state index in [1.807, 2.05) is 13.0 Å². The Morgan fingerprint density at radius 3 is 3.05 bits per heavy atom. The number of benzene rings is 2. The van der Waals surface area contributed by atoms with Gasteiger partial charge in [-0.25, -0.2) is 4.98 Å². The molecule has 0 radical (unpaired) electrons. The molecule has 2 aromatic carbocycles. The fraction of sp³-hybridized carbons (Fsp3) is 0.133. The predicted molar refractivity (Wildman–Crippen MR) is 81.8 cm³/mol. The molecule has 0 fully saturated rings. The zero-order valence-corrected chi connectivity index (χ0v) is 12.6. The molecule has 4 heteroatoms.